The van der Waals surface area contributed by atoms with Crippen molar-refractivity contribution in [3.05, 3.63) is 0 Å². The van der Waals surface area contributed by atoms with Gasteiger partial charge in [-0.3, -0.25) is 4.79 Å². The molecule has 2 fully saturated rings. The minimum atomic E-state index is -0.347. The Balaban J connectivity index is 2.00. The van der Waals surface area contributed by atoms with E-state index >= 15 is 0 Å². The lowest BCUT2D eigenvalue weighted by Crippen LogP contribution is -2.36. The quantitative estimate of drug-likeness (QED) is 0.800. The lowest BCUT2D eigenvalue weighted by Gasteiger charge is -2.32. The number of ketones is 1. The fourth-order valence-corrected chi connectivity index (χ4v) is 3.63. The monoisotopic (exact) mass is 224 g/mol. The first-order chi connectivity index (χ1) is 7.74. The summed E-state index contributed by atoms with van der Waals surface area (Å²) < 4.78 is 0. The lowest BCUT2D eigenvalue weighted by molar-refractivity contribution is -0.126. The van der Waals surface area contributed by atoms with E-state index in [2.05, 4.69) is 6.92 Å². The highest BCUT2D eigenvalue weighted by atomic mass is 16.3. The summed E-state index contributed by atoms with van der Waals surface area (Å²) in [4.78, 5) is 11.9. The molecule has 0 amide bonds. The molecular weight excluding hydrogens is 200 g/mol. The standard InChI is InChI=1S/C14H24O2/c1-2-10-8-9-12(15)13(10)14(16)11-6-4-3-5-7-11/h10-11,13-14,16H,2-9H2,1H3/t10-,13+,14+/m0/s1. The third kappa shape index (κ3) is 2.32. The fourth-order valence-electron chi connectivity index (χ4n) is 3.63. The Kier molecular flexibility index (Phi) is 4.01. The SMILES string of the molecule is CC[C@H]1CCC(=O)[C@@H]1[C@H](O)C1CCCCC1. The van der Waals surface area contributed by atoms with Gasteiger partial charge in [0.2, 0.25) is 0 Å². The number of rotatable bonds is 3. The maximum absolute atomic E-state index is 11.9. The second-order valence-corrected chi connectivity index (χ2v) is 5.59. The molecule has 1 N–H and O–H groups in total. The van der Waals surface area contributed by atoms with Crippen LogP contribution >= 0.6 is 0 Å². The number of carbonyl (C=O) groups excluding carboxylic acids is 1. The molecule has 16 heavy (non-hydrogen) atoms. The van der Waals surface area contributed by atoms with E-state index in [-0.39, 0.29) is 12.0 Å². The van der Waals surface area contributed by atoms with Crippen LogP contribution in [0.4, 0.5) is 0 Å². The first kappa shape index (κ1) is 12.1. The van der Waals surface area contributed by atoms with Gasteiger partial charge in [0.25, 0.3) is 0 Å². The van der Waals surface area contributed by atoms with Crippen molar-refractivity contribution in [2.24, 2.45) is 17.8 Å². The van der Waals surface area contributed by atoms with E-state index in [4.69, 9.17) is 0 Å². The summed E-state index contributed by atoms with van der Waals surface area (Å²) in [6, 6.07) is 0. The summed E-state index contributed by atoms with van der Waals surface area (Å²) in [7, 11) is 0. The lowest BCUT2D eigenvalue weighted by atomic mass is 9.76. The Hall–Kier alpha value is -0.370. The minimum Gasteiger partial charge on any atom is -0.392 e. The summed E-state index contributed by atoms with van der Waals surface area (Å²) in [5.74, 6) is 1.14. The highest BCUT2D eigenvalue weighted by Crippen LogP contribution is 2.39. The number of aliphatic hydroxyl groups is 1. The van der Waals surface area contributed by atoms with E-state index < -0.39 is 0 Å². The first-order valence-corrected chi connectivity index (χ1v) is 6.94. The molecule has 0 radical (unpaired) electrons. The third-order valence-electron chi connectivity index (χ3n) is 4.67. The van der Waals surface area contributed by atoms with Gasteiger partial charge in [-0.1, -0.05) is 32.6 Å². The summed E-state index contributed by atoms with van der Waals surface area (Å²) in [6.45, 7) is 2.14. The van der Waals surface area contributed by atoms with Gasteiger partial charge < -0.3 is 5.11 Å². The van der Waals surface area contributed by atoms with Crippen LogP contribution in [0.3, 0.4) is 0 Å². The highest BCUT2D eigenvalue weighted by molar-refractivity contribution is 5.84. The van der Waals surface area contributed by atoms with Crippen LogP contribution in [0.2, 0.25) is 0 Å². The molecule has 2 aliphatic rings. The van der Waals surface area contributed by atoms with E-state index in [1.54, 1.807) is 0 Å². The fraction of sp³-hybridized carbons (Fsp3) is 0.929. The third-order valence-corrected chi connectivity index (χ3v) is 4.67. The molecule has 2 heteroatoms. The number of hydrogen-bond acceptors (Lipinski definition) is 2. The van der Waals surface area contributed by atoms with Crippen molar-refractivity contribution in [2.45, 2.75) is 64.4 Å². The van der Waals surface area contributed by atoms with Crippen molar-refractivity contribution in [3.63, 3.8) is 0 Å². The molecule has 0 aliphatic heterocycles. The van der Waals surface area contributed by atoms with Crippen molar-refractivity contribution >= 4 is 5.78 Å². The van der Waals surface area contributed by atoms with Crippen LogP contribution in [0.1, 0.15) is 58.3 Å². The van der Waals surface area contributed by atoms with Crippen LogP contribution in [0.5, 0.6) is 0 Å². The maximum atomic E-state index is 11.9. The van der Waals surface area contributed by atoms with Crippen LogP contribution in [-0.4, -0.2) is 17.0 Å². The van der Waals surface area contributed by atoms with Gasteiger partial charge in [-0.25, -0.2) is 0 Å². The Morgan fingerprint density at radius 2 is 1.94 bits per heavy atom. The van der Waals surface area contributed by atoms with Crippen LogP contribution in [0.25, 0.3) is 0 Å². The normalized spacial score (nSPS) is 34.2. The van der Waals surface area contributed by atoms with E-state index in [1.165, 1.54) is 19.3 Å². The van der Waals surface area contributed by atoms with Crippen molar-refractivity contribution < 1.29 is 9.90 Å². The maximum Gasteiger partial charge on any atom is 0.138 e. The number of carbonyl (C=O) groups is 1. The summed E-state index contributed by atoms with van der Waals surface area (Å²) >= 11 is 0. The Labute approximate surface area is 98.4 Å². The predicted octanol–water partition coefficient (Wildman–Crippen LogP) is 2.93. The van der Waals surface area contributed by atoms with Crippen LogP contribution in [0.15, 0.2) is 0 Å². The molecule has 2 rings (SSSR count). The zero-order valence-corrected chi connectivity index (χ0v) is 10.3. The highest BCUT2D eigenvalue weighted by Gasteiger charge is 2.41. The zero-order valence-electron chi connectivity index (χ0n) is 10.3. The molecule has 0 heterocycles. The molecule has 2 aliphatic carbocycles. The number of aliphatic hydroxyl groups excluding tert-OH is 1. The molecule has 0 bridgehead atoms. The van der Waals surface area contributed by atoms with E-state index in [0.717, 1.165) is 25.7 Å². The predicted molar refractivity (Wildman–Crippen MR) is 64.1 cm³/mol. The average Bonchev–Trinajstić information content (AvgIpc) is 2.70. The molecule has 92 valence electrons. The van der Waals surface area contributed by atoms with Gasteiger partial charge in [0.1, 0.15) is 5.78 Å². The van der Waals surface area contributed by atoms with Crippen LogP contribution in [0, 0.1) is 17.8 Å². The molecule has 0 aromatic carbocycles. The van der Waals surface area contributed by atoms with Gasteiger partial charge >= 0.3 is 0 Å². The van der Waals surface area contributed by atoms with E-state index in [1.807, 2.05) is 0 Å². The summed E-state index contributed by atoms with van der Waals surface area (Å²) in [5, 5.41) is 10.4. The van der Waals surface area contributed by atoms with Crippen LogP contribution in [-0.2, 0) is 4.79 Å². The van der Waals surface area contributed by atoms with Crippen LogP contribution < -0.4 is 0 Å². The summed E-state index contributed by atoms with van der Waals surface area (Å²) in [6.07, 6.45) is 8.43. The number of hydrogen-bond donors (Lipinski definition) is 1. The molecule has 0 spiro atoms. The Morgan fingerprint density at radius 1 is 1.25 bits per heavy atom. The molecule has 0 unspecified atom stereocenters. The largest absolute Gasteiger partial charge is 0.392 e. The van der Waals surface area contributed by atoms with Gasteiger partial charge in [-0.05, 0) is 31.1 Å². The number of Topliss-reactive ketones (excluding diaryl/α,β-unsaturated/α-hetero) is 1. The minimum absolute atomic E-state index is 0.0342. The van der Waals surface area contributed by atoms with E-state index in [9.17, 15) is 9.90 Å². The zero-order chi connectivity index (χ0) is 11.5. The topological polar surface area (TPSA) is 37.3 Å². The molecular formula is C14H24O2. The van der Waals surface area contributed by atoms with Crippen molar-refractivity contribution in [3.8, 4) is 0 Å². The Bertz CT molecular complexity index is 243. The molecule has 2 nitrogen and oxygen atoms in total. The second-order valence-electron chi connectivity index (χ2n) is 5.59. The average molecular weight is 224 g/mol. The molecule has 0 aromatic heterocycles. The molecule has 0 saturated heterocycles. The summed E-state index contributed by atoms with van der Waals surface area (Å²) in [5.41, 5.74) is 0. The molecule has 3 atom stereocenters. The van der Waals surface area contributed by atoms with Crippen molar-refractivity contribution in [1.82, 2.24) is 0 Å². The van der Waals surface area contributed by atoms with E-state index in [0.29, 0.717) is 24.0 Å². The van der Waals surface area contributed by atoms with Gasteiger partial charge in [0.15, 0.2) is 0 Å². The smallest absolute Gasteiger partial charge is 0.138 e. The van der Waals surface area contributed by atoms with Gasteiger partial charge in [0, 0.05) is 12.3 Å². The van der Waals surface area contributed by atoms with Gasteiger partial charge in [-0.2, -0.15) is 0 Å². The molecule has 2 saturated carbocycles. The van der Waals surface area contributed by atoms with Gasteiger partial charge in [-0.15, -0.1) is 0 Å². The Morgan fingerprint density at radius 3 is 2.56 bits per heavy atom. The van der Waals surface area contributed by atoms with Crippen molar-refractivity contribution in [1.29, 1.82) is 0 Å². The van der Waals surface area contributed by atoms with Gasteiger partial charge in [0.05, 0.1) is 6.10 Å². The van der Waals surface area contributed by atoms with Crippen molar-refractivity contribution in [2.75, 3.05) is 0 Å². The molecule has 0 aromatic rings. The second kappa shape index (κ2) is 5.31. The first-order valence-electron chi connectivity index (χ1n) is 6.94.